The maximum atomic E-state index is 10.6. The summed E-state index contributed by atoms with van der Waals surface area (Å²) in [4.78, 5) is 10.6. The summed E-state index contributed by atoms with van der Waals surface area (Å²) in [6, 6.07) is 5.48. The highest BCUT2D eigenvalue weighted by atomic mass is 16.6. The van der Waals surface area contributed by atoms with Crippen LogP contribution < -0.4 is 14.6 Å². The van der Waals surface area contributed by atoms with E-state index in [1.807, 2.05) is 19.1 Å². The van der Waals surface area contributed by atoms with Crippen molar-refractivity contribution in [1.29, 1.82) is 0 Å². The molecule has 0 radical (unpaired) electrons. The molecular formula is C11H11O4-. The molecule has 80 valence electrons. The molecule has 4 nitrogen and oxygen atoms in total. The van der Waals surface area contributed by atoms with Gasteiger partial charge in [0.2, 0.25) is 0 Å². The molecule has 2 rings (SSSR count). The Kier molecular flexibility index (Phi) is 2.49. The van der Waals surface area contributed by atoms with Crippen molar-refractivity contribution in [3.63, 3.8) is 0 Å². The molecule has 0 spiro atoms. The van der Waals surface area contributed by atoms with Crippen molar-refractivity contribution < 1.29 is 19.4 Å². The van der Waals surface area contributed by atoms with Gasteiger partial charge in [-0.25, -0.2) is 0 Å². The molecule has 1 heterocycles. The molecule has 1 atom stereocenters. The summed E-state index contributed by atoms with van der Waals surface area (Å²) in [6.45, 7) is 2.04. The van der Waals surface area contributed by atoms with Crippen LogP contribution in [0.15, 0.2) is 18.2 Å². The first kappa shape index (κ1) is 9.83. The lowest BCUT2D eigenvalue weighted by atomic mass is 10.1. The Balaban J connectivity index is 2.24. The molecule has 0 amide bonds. The van der Waals surface area contributed by atoms with Gasteiger partial charge in [0.25, 0.3) is 0 Å². The van der Waals surface area contributed by atoms with Crippen LogP contribution in [0.3, 0.4) is 0 Å². The van der Waals surface area contributed by atoms with Crippen molar-refractivity contribution in [2.24, 2.45) is 0 Å². The monoisotopic (exact) mass is 207 g/mol. The standard InChI is InChI=1S/C11H12O4/c1-2-7-3-4-8-9(5-7)14-6-10(15-8)11(12)13/h3-5,10H,2,6H2,1H3,(H,12,13)/p-1. The predicted molar refractivity (Wildman–Crippen MR) is 50.7 cm³/mol. The fourth-order valence-corrected chi connectivity index (χ4v) is 1.45. The van der Waals surface area contributed by atoms with Gasteiger partial charge in [-0.15, -0.1) is 0 Å². The molecule has 0 fully saturated rings. The molecule has 0 saturated carbocycles. The van der Waals surface area contributed by atoms with Crippen molar-refractivity contribution in [2.45, 2.75) is 19.4 Å². The first-order chi connectivity index (χ1) is 7.20. The second kappa shape index (κ2) is 3.81. The third kappa shape index (κ3) is 1.88. The van der Waals surface area contributed by atoms with Gasteiger partial charge in [0.15, 0.2) is 17.6 Å². The summed E-state index contributed by atoms with van der Waals surface area (Å²) >= 11 is 0. The minimum atomic E-state index is -1.25. The lowest BCUT2D eigenvalue weighted by molar-refractivity contribution is -0.315. The van der Waals surface area contributed by atoms with Crippen LogP contribution in [0.4, 0.5) is 0 Å². The Labute approximate surface area is 87.4 Å². The highest BCUT2D eigenvalue weighted by Gasteiger charge is 2.21. The van der Waals surface area contributed by atoms with Crippen molar-refractivity contribution in [3.05, 3.63) is 23.8 Å². The summed E-state index contributed by atoms with van der Waals surface area (Å²) in [6.07, 6.45) is -0.106. The predicted octanol–water partition coefficient (Wildman–Crippen LogP) is 0.139. The van der Waals surface area contributed by atoms with Crippen LogP contribution in [-0.2, 0) is 11.2 Å². The number of hydrogen-bond donors (Lipinski definition) is 0. The maximum Gasteiger partial charge on any atom is 0.172 e. The zero-order valence-corrected chi connectivity index (χ0v) is 8.36. The summed E-state index contributed by atoms with van der Waals surface area (Å²) in [5.74, 6) is -0.181. The first-order valence-electron chi connectivity index (χ1n) is 4.84. The van der Waals surface area contributed by atoms with Gasteiger partial charge in [0.1, 0.15) is 6.61 Å². The number of carbonyl (C=O) groups is 1. The molecule has 1 aliphatic rings. The number of aliphatic carboxylic acids is 1. The topological polar surface area (TPSA) is 58.6 Å². The van der Waals surface area contributed by atoms with Crippen molar-refractivity contribution in [2.75, 3.05) is 6.61 Å². The molecule has 0 N–H and O–H groups in total. The van der Waals surface area contributed by atoms with E-state index in [4.69, 9.17) is 9.47 Å². The molecule has 1 unspecified atom stereocenters. The lowest BCUT2D eigenvalue weighted by Gasteiger charge is -2.27. The normalized spacial score (nSPS) is 18.6. The maximum absolute atomic E-state index is 10.6. The van der Waals surface area contributed by atoms with Crippen LogP contribution in [0.5, 0.6) is 11.5 Å². The summed E-state index contributed by atoms with van der Waals surface area (Å²) in [7, 11) is 0. The van der Waals surface area contributed by atoms with Crippen molar-refractivity contribution >= 4 is 5.97 Å². The molecular weight excluding hydrogens is 196 g/mol. The van der Waals surface area contributed by atoms with Gasteiger partial charge in [-0.1, -0.05) is 13.0 Å². The van der Waals surface area contributed by atoms with E-state index in [0.29, 0.717) is 11.5 Å². The molecule has 1 aromatic carbocycles. The van der Waals surface area contributed by atoms with E-state index < -0.39 is 12.1 Å². The molecule has 0 bridgehead atoms. The fourth-order valence-electron chi connectivity index (χ4n) is 1.45. The quantitative estimate of drug-likeness (QED) is 0.692. The third-order valence-corrected chi connectivity index (χ3v) is 2.34. The van der Waals surface area contributed by atoms with Gasteiger partial charge in [0.05, 0.1) is 5.97 Å². The second-order valence-corrected chi connectivity index (χ2v) is 3.37. The number of benzene rings is 1. The number of hydrogen-bond acceptors (Lipinski definition) is 4. The fraction of sp³-hybridized carbons (Fsp3) is 0.364. The van der Waals surface area contributed by atoms with E-state index in [2.05, 4.69) is 0 Å². The Hall–Kier alpha value is -1.71. The zero-order chi connectivity index (χ0) is 10.8. The smallest absolute Gasteiger partial charge is 0.172 e. The number of rotatable bonds is 2. The molecule has 0 saturated heterocycles. The van der Waals surface area contributed by atoms with Crippen LogP contribution >= 0.6 is 0 Å². The Morgan fingerprint density at radius 2 is 2.33 bits per heavy atom. The van der Waals surface area contributed by atoms with Gasteiger partial charge in [-0.05, 0) is 24.1 Å². The van der Waals surface area contributed by atoms with Crippen LogP contribution in [0.2, 0.25) is 0 Å². The van der Waals surface area contributed by atoms with Gasteiger partial charge in [-0.3, -0.25) is 0 Å². The zero-order valence-electron chi connectivity index (χ0n) is 8.36. The number of carboxylic acids is 1. The SMILES string of the molecule is CCc1ccc2c(c1)OCC(C(=O)[O-])O2. The largest absolute Gasteiger partial charge is 0.546 e. The molecule has 1 aromatic rings. The van der Waals surface area contributed by atoms with E-state index in [1.165, 1.54) is 0 Å². The molecule has 1 aliphatic heterocycles. The molecule has 0 aliphatic carbocycles. The van der Waals surface area contributed by atoms with Crippen LogP contribution in [0, 0.1) is 0 Å². The van der Waals surface area contributed by atoms with E-state index in [0.717, 1.165) is 12.0 Å². The van der Waals surface area contributed by atoms with Gasteiger partial charge < -0.3 is 19.4 Å². The van der Waals surface area contributed by atoms with Crippen molar-refractivity contribution in [3.8, 4) is 11.5 Å². The summed E-state index contributed by atoms with van der Waals surface area (Å²) in [5, 5.41) is 10.6. The summed E-state index contributed by atoms with van der Waals surface area (Å²) in [5.41, 5.74) is 1.13. The highest BCUT2D eigenvalue weighted by Crippen LogP contribution is 2.32. The Morgan fingerprint density at radius 1 is 1.53 bits per heavy atom. The third-order valence-electron chi connectivity index (χ3n) is 2.34. The molecule has 4 heteroatoms. The Bertz CT molecular complexity index is 386. The number of carbonyl (C=O) groups excluding carboxylic acids is 1. The lowest BCUT2D eigenvalue weighted by Crippen LogP contribution is -2.45. The average Bonchev–Trinajstić information content (AvgIpc) is 2.27. The number of aryl methyl sites for hydroxylation is 1. The number of carboxylic acid groups (broad SMARTS) is 1. The second-order valence-electron chi connectivity index (χ2n) is 3.37. The van der Waals surface area contributed by atoms with Gasteiger partial charge >= 0.3 is 0 Å². The van der Waals surface area contributed by atoms with E-state index >= 15 is 0 Å². The minimum absolute atomic E-state index is 0.00248. The van der Waals surface area contributed by atoms with E-state index in [9.17, 15) is 9.90 Å². The van der Waals surface area contributed by atoms with E-state index in [-0.39, 0.29) is 6.61 Å². The Morgan fingerprint density at radius 3 is 3.00 bits per heavy atom. The van der Waals surface area contributed by atoms with Gasteiger partial charge in [0, 0.05) is 0 Å². The number of ether oxygens (including phenoxy) is 2. The van der Waals surface area contributed by atoms with Gasteiger partial charge in [-0.2, -0.15) is 0 Å². The molecule has 0 aromatic heterocycles. The average molecular weight is 207 g/mol. The van der Waals surface area contributed by atoms with Crippen LogP contribution in [0.25, 0.3) is 0 Å². The number of fused-ring (bicyclic) bond motifs is 1. The van der Waals surface area contributed by atoms with E-state index in [1.54, 1.807) is 6.07 Å². The highest BCUT2D eigenvalue weighted by molar-refractivity contribution is 5.71. The molecule has 15 heavy (non-hydrogen) atoms. The minimum Gasteiger partial charge on any atom is -0.546 e. The van der Waals surface area contributed by atoms with Crippen molar-refractivity contribution in [1.82, 2.24) is 0 Å². The van der Waals surface area contributed by atoms with Crippen LogP contribution in [0.1, 0.15) is 12.5 Å². The van der Waals surface area contributed by atoms with Crippen LogP contribution in [-0.4, -0.2) is 18.7 Å². The first-order valence-corrected chi connectivity index (χ1v) is 4.84. The summed E-state index contributed by atoms with van der Waals surface area (Å²) < 4.78 is 10.5.